The minimum absolute atomic E-state index is 0.0294. The summed E-state index contributed by atoms with van der Waals surface area (Å²) >= 11 is 0. The summed E-state index contributed by atoms with van der Waals surface area (Å²) in [6.45, 7) is 18.7. The SMILES string of the molecule is CCCOP(CCP(OCCC)N(Cc1ccc(C)cc1)C(C)(C)C)OCCC. The molecule has 0 aliphatic heterocycles. The van der Waals surface area contributed by atoms with E-state index in [9.17, 15) is 0 Å². The fraction of sp³-hybridized carbons (Fsp3) is 0.739. The van der Waals surface area contributed by atoms with E-state index in [1.54, 1.807) is 0 Å². The molecule has 0 aliphatic rings. The molecule has 0 bridgehead atoms. The van der Waals surface area contributed by atoms with Crippen LogP contribution in [-0.4, -0.2) is 42.4 Å². The summed E-state index contributed by atoms with van der Waals surface area (Å²) in [5, 5.41) is 0. The van der Waals surface area contributed by atoms with Crippen LogP contribution in [0.25, 0.3) is 0 Å². The largest absolute Gasteiger partial charge is 0.344 e. The average molecular weight is 444 g/mol. The summed E-state index contributed by atoms with van der Waals surface area (Å²) in [6, 6.07) is 8.87. The Bertz CT molecular complexity index is 526. The van der Waals surface area contributed by atoms with Crippen molar-refractivity contribution in [1.82, 2.24) is 4.67 Å². The Hall–Kier alpha value is -0.0800. The van der Waals surface area contributed by atoms with Gasteiger partial charge in [-0.05, 0) is 52.5 Å². The van der Waals surface area contributed by atoms with E-state index in [1.807, 2.05) is 0 Å². The number of hydrogen-bond donors (Lipinski definition) is 0. The van der Waals surface area contributed by atoms with E-state index in [0.29, 0.717) is 0 Å². The van der Waals surface area contributed by atoms with Crippen LogP contribution in [0.5, 0.6) is 0 Å². The van der Waals surface area contributed by atoms with Crippen LogP contribution in [0.1, 0.15) is 71.9 Å². The van der Waals surface area contributed by atoms with Crippen molar-refractivity contribution in [3.05, 3.63) is 35.4 Å². The third-order valence-corrected chi connectivity index (χ3v) is 8.54. The van der Waals surface area contributed by atoms with E-state index in [0.717, 1.165) is 58.0 Å². The Labute approximate surface area is 182 Å². The second kappa shape index (κ2) is 14.8. The normalized spacial score (nSPS) is 13.4. The Morgan fingerprint density at radius 3 is 1.79 bits per heavy atom. The van der Waals surface area contributed by atoms with Gasteiger partial charge in [-0.1, -0.05) is 50.6 Å². The van der Waals surface area contributed by atoms with Crippen LogP contribution in [0, 0.1) is 6.92 Å². The molecule has 6 heteroatoms. The van der Waals surface area contributed by atoms with E-state index in [1.165, 1.54) is 11.1 Å². The summed E-state index contributed by atoms with van der Waals surface area (Å²) in [7, 11) is -1.56. The molecule has 0 spiro atoms. The van der Waals surface area contributed by atoms with E-state index >= 15 is 0 Å². The van der Waals surface area contributed by atoms with Crippen LogP contribution in [-0.2, 0) is 20.1 Å². The third kappa shape index (κ3) is 11.2. The maximum absolute atomic E-state index is 6.43. The van der Waals surface area contributed by atoms with Crippen molar-refractivity contribution < 1.29 is 13.6 Å². The molecule has 0 N–H and O–H groups in total. The fourth-order valence-electron chi connectivity index (χ4n) is 2.69. The standard InChI is InChI=1S/C23H43NO3P2/c1-8-15-25-28(18-19-29(26-16-9-2)27-17-10-3)24(23(5,6)7)20-22-13-11-21(4)12-14-22/h11-14H,8-10,15-20H2,1-7H3. The quantitative estimate of drug-likeness (QED) is 0.263. The first-order chi connectivity index (χ1) is 13.8. The van der Waals surface area contributed by atoms with Gasteiger partial charge in [0.2, 0.25) is 0 Å². The van der Waals surface area contributed by atoms with Crippen LogP contribution in [0.15, 0.2) is 24.3 Å². The number of benzene rings is 1. The first kappa shape index (κ1) is 27.0. The summed E-state index contributed by atoms with van der Waals surface area (Å²) in [6.07, 6.45) is 5.01. The van der Waals surface area contributed by atoms with Crippen LogP contribution >= 0.6 is 16.7 Å². The molecule has 168 valence electrons. The van der Waals surface area contributed by atoms with Crippen molar-refractivity contribution in [2.45, 2.75) is 79.8 Å². The molecule has 0 saturated heterocycles. The van der Waals surface area contributed by atoms with E-state index in [4.69, 9.17) is 13.6 Å². The van der Waals surface area contributed by atoms with Crippen molar-refractivity contribution in [1.29, 1.82) is 0 Å². The average Bonchev–Trinajstić information content (AvgIpc) is 2.68. The second-order valence-corrected chi connectivity index (χ2v) is 11.9. The smallest absolute Gasteiger partial charge is 0.170 e. The second-order valence-electron chi connectivity index (χ2n) is 8.35. The lowest BCUT2D eigenvalue weighted by Gasteiger charge is -2.41. The number of rotatable bonds is 15. The van der Waals surface area contributed by atoms with Gasteiger partial charge in [-0.25, -0.2) is 0 Å². The molecule has 0 aromatic heterocycles. The Balaban J connectivity index is 2.90. The van der Waals surface area contributed by atoms with Crippen molar-refractivity contribution in [2.75, 3.05) is 32.1 Å². The maximum Gasteiger partial charge on any atom is 0.170 e. The van der Waals surface area contributed by atoms with Crippen molar-refractivity contribution in [3.63, 3.8) is 0 Å². The lowest BCUT2D eigenvalue weighted by atomic mass is 10.1. The van der Waals surface area contributed by atoms with Gasteiger partial charge >= 0.3 is 0 Å². The van der Waals surface area contributed by atoms with E-state index in [-0.39, 0.29) is 5.54 Å². The van der Waals surface area contributed by atoms with Gasteiger partial charge in [-0.15, -0.1) is 0 Å². The molecule has 1 atom stereocenters. The molecule has 0 amide bonds. The molecule has 0 aliphatic carbocycles. The number of nitrogens with zero attached hydrogens (tertiary/aromatic N) is 1. The molecule has 1 rings (SSSR count). The van der Waals surface area contributed by atoms with Crippen molar-refractivity contribution >= 4 is 16.7 Å². The number of aryl methyl sites for hydroxylation is 1. The zero-order chi connectivity index (χ0) is 21.7. The molecule has 0 heterocycles. The van der Waals surface area contributed by atoms with Gasteiger partial charge in [0.25, 0.3) is 0 Å². The van der Waals surface area contributed by atoms with E-state index in [2.05, 4.69) is 77.4 Å². The zero-order valence-corrected chi connectivity index (χ0v) is 21.5. The lowest BCUT2D eigenvalue weighted by Crippen LogP contribution is -2.38. The Morgan fingerprint density at radius 2 is 1.31 bits per heavy atom. The lowest BCUT2D eigenvalue weighted by molar-refractivity contribution is 0.212. The van der Waals surface area contributed by atoms with Crippen molar-refractivity contribution in [3.8, 4) is 0 Å². The molecule has 0 saturated carbocycles. The molecule has 29 heavy (non-hydrogen) atoms. The van der Waals surface area contributed by atoms with Gasteiger partial charge in [-0.2, -0.15) is 0 Å². The molecule has 0 fully saturated rings. The third-order valence-electron chi connectivity index (χ3n) is 4.29. The van der Waals surface area contributed by atoms with Crippen LogP contribution in [0.2, 0.25) is 0 Å². The van der Waals surface area contributed by atoms with E-state index < -0.39 is 16.7 Å². The monoisotopic (exact) mass is 443 g/mol. The first-order valence-corrected chi connectivity index (χ1v) is 13.8. The molecule has 1 aromatic rings. The Kier molecular flexibility index (Phi) is 13.8. The molecule has 0 radical (unpaired) electrons. The van der Waals surface area contributed by atoms with Gasteiger partial charge in [0.1, 0.15) is 8.30 Å². The number of hydrogen-bond acceptors (Lipinski definition) is 4. The summed E-state index contributed by atoms with van der Waals surface area (Å²) in [5.41, 5.74) is 2.67. The predicted molar refractivity (Wildman–Crippen MR) is 129 cm³/mol. The molecule has 1 aromatic carbocycles. The van der Waals surface area contributed by atoms with Crippen LogP contribution in [0.4, 0.5) is 0 Å². The molecule has 1 unspecified atom stereocenters. The fourth-order valence-corrected chi connectivity index (χ4v) is 7.02. The highest BCUT2D eigenvalue weighted by atomic mass is 31.2. The molecule has 4 nitrogen and oxygen atoms in total. The predicted octanol–water partition coefficient (Wildman–Crippen LogP) is 7.50. The topological polar surface area (TPSA) is 30.9 Å². The summed E-state index contributed by atoms with van der Waals surface area (Å²) in [4.78, 5) is 0. The van der Waals surface area contributed by atoms with Crippen LogP contribution < -0.4 is 0 Å². The summed E-state index contributed by atoms with van der Waals surface area (Å²) in [5.74, 6) is 0. The van der Waals surface area contributed by atoms with Crippen LogP contribution in [0.3, 0.4) is 0 Å². The van der Waals surface area contributed by atoms with Gasteiger partial charge in [0.15, 0.2) is 8.38 Å². The highest BCUT2D eigenvalue weighted by molar-refractivity contribution is 7.53. The maximum atomic E-state index is 6.43. The molecular weight excluding hydrogens is 400 g/mol. The highest BCUT2D eigenvalue weighted by Crippen LogP contribution is 2.51. The zero-order valence-electron chi connectivity index (χ0n) is 19.7. The van der Waals surface area contributed by atoms with Gasteiger partial charge in [0, 0.05) is 24.4 Å². The molecular formula is C23H43NO3P2. The van der Waals surface area contributed by atoms with Gasteiger partial charge in [0.05, 0.1) is 19.8 Å². The first-order valence-electron chi connectivity index (χ1n) is 11.1. The van der Waals surface area contributed by atoms with Gasteiger partial charge < -0.3 is 13.6 Å². The summed E-state index contributed by atoms with van der Waals surface area (Å²) < 4.78 is 21.0. The minimum atomic E-state index is -0.835. The van der Waals surface area contributed by atoms with Gasteiger partial charge in [-0.3, -0.25) is 4.67 Å². The highest BCUT2D eigenvalue weighted by Gasteiger charge is 2.31. The minimum Gasteiger partial charge on any atom is -0.344 e. The Morgan fingerprint density at radius 1 is 0.793 bits per heavy atom. The van der Waals surface area contributed by atoms with Crippen molar-refractivity contribution in [2.24, 2.45) is 0 Å².